The van der Waals surface area contributed by atoms with Gasteiger partial charge in [-0.25, -0.2) is 14.4 Å². The van der Waals surface area contributed by atoms with Crippen LogP contribution in [0.2, 0.25) is 0 Å². The molecule has 10 heteroatoms. The summed E-state index contributed by atoms with van der Waals surface area (Å²) < 4.78 is 30.2. The minimum atomic E-state index is -0.652. The Kier molecular flexibility index (Phi) is 19.6. The Bertz CT molecular complexity index is 1920. The van der Waals surface area contributed by atoms with Gasteiger partial charge in [0.2, 0.25) is 6.29 Å². The van der Waals surface area contributed by atoms with Crippen LogP contribution in [0, 0.1) is 0 Å². The number of ether oxygens (including phenoxy) is 6. The van der Waals surface area contributed by atoms with Crippen molar-refractivity contribution in [2.75, 3.05) is 19.8 Å². The number of esters is 4. The summed E-state index contributed by atoms with van der Waals surface area (Å²) in [5.74, 6) is 0.450. The van der Waals surface area contributed by atoms with E-state index in [1.54, 1.807) is 38.1 Å². The molecule has 0 aliphatic heterocycles. The summed E-state index contributed by atoms with van der Waals surface area (Å²) in [7, 11) is 0. The second-order valence-corrected chi connectivity index (χ2v) is 10.4. The molecule has 0 aliphatic rings. The number of benzene rings is 5. The van der Waals surface area contributed by atoms with Crippen molar-refractivity contribution in [2.24, 2.45) is 0 Å². The van der Waals surface area contributed by atoms with Crippen LogP contribution in [0.15, 0.2) is 153 Å². The van der Waals surface area contributed by atoms with Gasteiger partial charge >= 0.3 is 23.9 Å². The normalized spacial score (nSPS) is 10.1. The first-order chi connectivity index (χ1) is 25.6. The van der Waals surface area contributed by atoms with E-state index in [9.17, 15) is 19.2 Å². The van der Waals surface area contributed by atoms with Gasteiger partial charge in [0.1, 0.15) is 30.5 Å². The third-order valence-electron chi connectivity index (χ3n) is 6.47. The highest BCUT2D eigenvalue weighted by molar-refractivity contribution is 5.89. The van der Waals surface area contributed by atoms with Crippen LogP contribution in [0.1, 0.15) is 20.8 Å². The number of rotatable bonds is 12. The summed E-state index contributed by atoms with van der Waals surface area (Å²) in [5.41, 5.74) is 0. The molecule has 0 bridgehead atoms. The number of carbonyl (C=O) groups excluding carboxylic acids is 4. The molecule has 1 unspecified atom stereocenters. The third-order valence-corrected chi connectivity index (χ3v) is 6.47. The van der Waals surface area contributed by atoms with Crippen molar-refractivity contribution in [3.05, 3.63) is 153 Å². The van der Waals surface area contributed by atoms with Crippen LogP contribution in [0.25, 0.3) is 21.5 Å². The molecule has 0 spiro atoms. The lowest BCUT2D eigenvalue weighted by Gasteiger charge is -2.15. The molecule has 0 saturated heterocycles. The molecule has 0 heterocycles. The van der Waals surface area contributed by atoms with Gasteiger partial charge in [0.05, 0.1) is 6.61 Å². The van der Waals surface area contributed by atoms with Crippen molar-refractivity contribution in [1.29, 1.82) is 0 Å². The average molecular weight is 721 g/mol. The molecule has 0 saturated carbocycles. The summed E-state index contributed by atoms with van der Waals surface area (Å²) in [6, 6.07) is 36.3. The lowest BCUT2D eigenvalue weighted by molar-refractivity contribution is -0.155. The second-order valence-electron chi connectivity index (χ2n) is 10.4. The quantitative estimate of drug-likeness (QED) is 0.0309. The highest BCUT2D eigenvalue weighted by Crippen LogP contribution is 2.26. The molecule has 5 aromatic carbocycles. The topological polar surface area (TPSA) is 124 Å². The van der Waals surface area contributed by atoms with Gasteiger partial charge in [-0.15, -0.1) is 0 Å². The van der Waals surface area contributed by atoms with E-state index in [1.165, 1.54) is 6.92 Å². The van der Waals surface area contributed by atoms with Gasteiger partial charge in [-0.2, -0.15) is 0 Å². The smallest absolute Gasteiger partial charge is 0.335 e. The summed E-state index contributed by atoms with van der Waals surface area (Å²) >= 11 is 0. The lowest BCUT2D eigenvalue weighted by atomic mass is 10.1. The number of para-hydroxylation sites is 1. The van der Waals surface area contributed by atoms with Gasteiger partial charge in [0, 0.05) is 42.8 Å². The van der Waals surface area contributed by atoms with E-state index < -0.39 is 24.2 Å². The van der Waals surface area contributed by atoms with Gasteiger partial charge in [0.15, 0.2) is 0 Å². The third kappa shape index (κ3) is 16.7. The molecule has 0 fully saturated rings. The van der Waals surface area contributed by atoms with E-state index in [0.29, 0.717) is 24.7 Å². The van der Waals surface area contributed by atoms with Gasteiger partial charge in [-0.1, -0.05) is 111 Å². The molecule has 0 aliphatic carbocycles. The molecule has 0 aromatic heterocycles. The molecule has 5 aromatic rings. The first-order valence-corrected chi connectivity index (χ1v) is 16.5. The SMILES string of the molecule is C=CC(=O)OC(C)Oc1cccc2ccccc12.C=CC(=O)OCCOc1cccc2ccccc12.C=CC(=O)Oc1ccccc1.CCOC(C)=O. The van der Waals surface area contributed by atoms with Crippen molar-refractivity contribution in [1.82, 2.24) is 0 Å². The first kappa shape index (κ1) is 42.5. The number of fused-ring (bicyclic) bond motifs is 2. The maximum atomic E-state index is 11.1. The van der Waals surface area contributed by atoms with Crippen molar-refractivity contribution >= 4 is 45.4 Å². The minimum Gasteiger partial charge on any atom is -0.489 e. The molecule has 10 nitrogen and oxygen atoms in total. The summed E-state index contributed by atoms with van der Waals surface area (Å²) in [5, 5.41) is 4.24. The van der Waals surface area contributed by atoms with Crippen molar-refractivity contribution in [2.45, 2.75) is 27.1 Å². The van der Waals surface area contributed by atoms with E-state index in [0.717, 1.165) is 45.5 Å². The molecule has 0 N–H and O–H groups in total. The standard InChI is InChI=1S/2C15H14O3.C9H8O2.C4H8O2/c1-3-15(16)18-11(2)17-14-10-6-8-12-7-4-5-9-13(12)14;1-2-15(16)18-11-10-17-14-9-5-7-12-6-3-4-8-13(12)14;1-2-9(10)11-8-6-4-3-5-7-8;1-3-6-4(2)5/h3-11H,1H2,2H3;2-9H,1,10-11H2;2-7H,1H2;3H2,1-2H3. The zero-order valence-electron chi connectivity index (χ0n) is 30.1. The zero-order chi connectivity index (χ0) is 38.8. The van der Waals surface area contributed by atoms with Crippen molar-refractivity contribution in [3.8, 4) is 17.2 Å². The average Bonchev–Trinajstić information content (AvgIpc) is 3.17. The van der Waals surface area contributed by atoms with Gasteiger partial charge < -0.3 is 28.4 Å². The van der Waals surface area contributed by atoms with Crippen molar-refractivity contribution < 1.29 is 47.6 Å². The van der Waals surface area contributed by atoms with E-state index >= 15 is 0 Å². The monoisotopic (exact) mass is 720 g/mol. The van der Waals surface area contributed by atoms with Gasteiger partial charge in [0.25, 0.3) is 0 Å². The molecule has 0 amide bonds. The minimum absolute atomic E-state index is 0.211. The lowest BCUT2D eigenvalue weighted by Crippen LogP contribution is -2.19. The highest BCUT2D eigenvalue weighted by atomic mass is 16.7. The first-order valence-electron chi connectivity index (χ1n) is 16.5. The van der Waals surface area contributed by atoms with Crippen LogP contribution in [0.4, 0.5) is 0 Å². The van der Waals surface area contributed by atoms with Crippen LogP contribution >= 0.6 is 0 Å². The second kappa shape index (κ2) is 24.5. The Morgan fingerprint density at radius 3 is 1.64 bits per heavy atom. The van der Waals surface area contributed by atoms with Crippen LogP contribution in [-0.4, -0.2) is 50.0 Å². The van der Waals surface area contributed by atoms with E-state index in [4.69, 9.17) is 23.7 Å². The van der Waals surface area contributed by atoms with E-state index in [2.05, 4.69) is 24.5 Å². The summed E-state index contributed by atoms with van der Waals surface area (Å²) in [6.45, 7) is 15.8. The predicted molar refractivity (Wildman–Crippen MR) is 206 cm³/mol. The molecule has 276 valence electrons. The fourth-order valence-corrected chi connectivity index (χ4v) is 4.24. The molecular formula is C43H44O10. The highest BCUT2D eigenvalue weighted by Gasteiger charge is 2.10. The summed E-state index contributed by atoms with van der Waals surface area (Å²) in [4.78, 5) is 42.4. The predicted octanol–water partition coefficient (Wildman–Crippen LogP) is 8.59. The Morgan fingerprint density at radius 1 is 0.604 bits per heavy atom. The Morgan fingerprint density at radius 2 is 1.11 bits per heavy atom. The van der Waals surface area contributed by atoms with Crippen LogP contribution in [0.3, 0.4) is 0 Å². The van der Waals surface area contributed by atoms with E-state index in [1.807, 2.05) is 91.0 Å². The Balaban J connectivity index is 0.000000262. The zero-order valence-corrected chi connectivity index (χ0v) is 30.1. The summed E-state index contributed by atoms with van der Waals surface area (Å²) in [6.07, 6.45) is 2.73. The van der Waals surface area contributed by atoms with Crippen LogP contribution in [0.5, 0.6) is 17.2 Å². The molecule has 1 atom stereocenters. The fraction of sp³-hybridized carbons (Fsp3) is 0.163. The number of hydrogen-bond acceptors (Lipinski definition) is 10. The number of carbonyl (C=O) groups is 4. The maximum absolute atomic E-state index is 11.1. The van der Waals surface area contributed by atoms with E-state index in [-0.39, 0.29) is 12.6 Å². The van der Waals surface area contributed by atoms with Crippen LogP contribution in [-0.2, 0) is 33.4 Å². The molecule has 0 radical (unpaired) electrons. The molecular weight excluding hydrogens is 676 g/mol. The molecule has 53 heavy (non-hydrogen) atoms. The molecule has 5 rings (SSSR count). The largest absolute Gasteiger partial charge is 0.489 e. The van der Waals surface area contributed by atoms with Gasteiger partial charge in [-0.05, 0) is 42.0 Å². The Hall–Kier alpha value is -6.68. The van der Waals surface area contributed by atoms with Crippen LogP contribution < -0.4 is 14.2 Å². The number of hydrogen-bond donors (Lipinski definition) is 0. The Labute approximate surface area is 309 Å². The maximum Gasteiger partial charge on any atom is 0.335 e. The fourth-order valence-electron chi connectivity index (χ4n) is 4.24. The van der Waals surface area contributed by atoms with Gasteiger partial charge in [-0.3, -0.25) is 4.79 Å². The van der Waals surface area contributed by atoms with Crippen molar-refractivity contribution in [3.63, 3.8) is 0 Å².